The Morgan fingerprint density at radius 1 is 1.25 bits per heavy atom. The molecular formula is C18H25N3O3. The minimum absolute atomic E-state index is 0.0308. The van der Waals surface area contributed by atoms with E-state index in [2.05, 4.69) is 5.32 Å². The summed E-state index contributed by atoms with van der Waals surface area (Å²) < 4.78 is 0. The van der Waals surface area contributed by atoms with Gasteiger partial charge in [0.25, 0.3) is 5.91 Å². The molecule has 1 aromatic carbocycles. The van der Waals surface area contributed by atoms with E-state index in [9.17, 15) is 14.4 Å². The van der Waals surface area contributed by atoms with E-state index in [0.29, 0.717) is 18.5 Å². The fourth-order valence-corrected chi connectivity index (χ4v) is 2.83. The summed E-state index contributed by atoms with van der Waals surface area (Å²) in [6, 6.07) is 6.18. The normalized spacial score (nSPS) is 17.2. The fraction of sp³-hybridized carbons (Fsp3) is 0.500. The molecule has 1 aliphatic heterocycles. The number of nitrogens with two attached hydrogens (primary N) is 1. The summed E-state index contributed by atoms with van der Waals surface area (Å²) in [5, 5.41) is 2.70. The Balaban J connectivity index is 2.08. The number of rotatable bonds is 6. The summed E-state index contributed by atoms with van der Waals surface area (Å²) in [4.78, 5) is 37.5. The Morgan fingerprint density at radius 3 is 2.46 bits per heavy atom. The molecule has 2 rings (SSSR count). The zero-order valence-corrected chi connectivity index (χ0v) is 14.2. The molecule has 1 fully saturated rings. The molecule has 1 heterocycles. The molecule has 0 radical (unpaired) electrons. The maximum atomic E-state index is 12.3. The lowest BCUT2D eigenvalue weighted by atomic mass is 9.98. The average molecular weight is 331 g/mol. The van der Waals surface area contributed by atoms with Crippen LogP contribution in [0.1, 0.15) is 49.9 Å². The fourth-order valence-electron chi connectivity index (χ4n) is 2.83. The van der Waals surface area contributed by atoms with Crippen LogP contribution in [-0.2, 0) is 9.59 Å². The van der Waals surface area contributed by atoms with Crippen molar-refractivity contribution in [2.75, 3.05) is 11.4 Å². The van der Waals surface area contributed by atoms with Crippen LogP contribution in [0.3, 0.4) is 0 Å². The second kappa shape index (κ2) is 7.95. The lowest BCUT2D eigenvalue weighted by Gasteiger charge is -2.27. The zero-order chi connectivity index (χ0) is 17.7. The third-order valence-electron chi connectivity index (χ3n) is 4.57. The molecule has 3 amide bonds. The van der Waals surface area contributed by atoms with Gasteiger partial charge < -0.3 is 16.0 Å². The first kappa shape index (κ1) is 18.0. The lowest BCUT2D eigenvalue weighted by Crippen LogP contribution is -2.48. The van der Waals surface area contributed by atoms with Crippen LogP contribution in [0.25, 0.3) is 0 Å². The molecule has 0 aliphatic carbocycles. The summed E-state index contributed by atoms with van der Waals surface area (Å²) in [5.41, 5.74) is 6.62. The number of carbonyl (C=O) groups is 3. The average Bonchev–Trinajstić information content (AvgIpc) is 2.59. The Labute approximate surface area is 142 Å². The summed E-state index contributed by atoms with van der Waals surface area (Å²) in [6.45, 7) is 4.53. The maximum absolute atomic E-state index is 12.3. The van der Waals surface area contributed by atoms with E-state index in [-0.39, 0.29) is 17.7 Å². The van der Waals surface area contributed by atoms with E-state index in [1.165, 1.54) is 0 Å². The molecule has 24 heavy (non-hydrogen) atoms. The minimum Gasteiger partial charge on any atom is -0.368 e. The molecular weight excluding hydrogens is 306 g/mol. The van der Waals surface area contributed by atoms with Crippen LogP contribution in [0.15, 0.2) is 24.3 Å². The topological polar surface area (TPSA) is 92.5 Å². The molecule has 0 saturated carbocycles. The number of amides is 3. The predicted octanol–water partition coefficient (Wildman–Crippen LogP) is 1.83. The molecule has 2 unspecified atom stereocenters. The number of nitrogens with zero attached hydrogens (tertiary/aromatic N) is 1. The molecule has 3 N–H and O–H groups in total. The molecule has 0 aromatic heterocycles. The number of hydrogen-bond acceptors (Lipinski definition) is 3. The van der Waals surface area contributed by atoms with Gasteiger partial charge >= 0.3 is 0 Å². The quantitative estimate of drug-likeness (QED) is 0.833. The number of hydrogen-bond donors (Lipinski definition) is 2. The summed E-state index contributed by atoms with van der Waals surface area (Å²) in [7, 11) is 0. The number of anilines is 1. The molecule has 1 aromatic rings. The Bertz CT molecular complexity index is 612. The van der Waals surface area contributed by atoms with Crippen molar-refractivity contribution >= 4 is 23.4 Å². The highest BCUT2D eigenvalue weighted by molar-refractivity contribution is 5.98. The van der Waals surface area contributed by atoms with E-state index in [0.717, 1.165) is 24.9 Å². The largest absolute Gasteiger partial charge is 0.368 e. The standard InChI is InChI=1S/C18H25N3O3/c1-3-12(2)16(17(19)23)20-18(24)13-7-9-14(10-8-13)21-11-5-4-6-15(21)22/h7-10,12,16H,3-6,11H2,1-2H3,(H2,19,23)(H,20,24). The molecule has 130 valence electrons. The van der Waals surface area contributed by atoms with Crippen molar-refractivity contribution in [2.24, 2.45) is 11.7 Å². The Kier molecular flexibility index (Phi) is 5.95. The maximum Gasteiger partial charge on any atom is 0.251 e. The molecule has 0 spiro atoms. The first-order valence-corrected chi connectivity index (χ1v) is 8.44. The third kappa shape index (κ3) is 4.13. The van der Waals surface area contributed by atoms with Crippen molar-refractivity contribution in [1.29, 1.82) is 0 Å². The van der Waals surface area contributed by atoms with Gasteiger partial charge in [0.1, 0.15) is 6.04 Å². The number of benzene rings is 1. The van der Waals surface area contributed by atoms with E-state index < -0.39 is 11.9 Å². The van der Waals surface area contributed by atoms with E-state index in [1.54, 1.807) is 29.2 Å². The number of primary amides is 1. The van der Waals surface area contributed by atoms with E-state index in [4.69, 9.17) is 5.73 Å². The van der Waals surface area contributed by atoms with Crippen LogP contribution in [0.4, 0.5) is 5.69 Å². The SMILES string of the molecule is CCC(C)C(NC(=O)c1ccc(N2CCCCC2=O)cc1)C(N)=O. The van der Waals surface area contributed by atoms with Gasteiger partial charge in [-0.25, -0.2) is 0 Å². The van der Waals surface area contributed by atoms with Crippen LogP contribution in [0, 0.1) is 5.92 Å². The van der Waals surface area contributed by atoms with Crippen molar-refractivity contribution in [2.45, 2.75) is 45.6 Å². The van der Waals surface area contributed by atoms with Crippen molar-refractivity contribution in [1.82, 2.24) is 5.32 Å². The van der Waals surface area contributed by atoms with Gasteiger partial charge in [-0.05, 0) is 43.0 Å². The lowest BCUT2D eigenvalue weighted by molar-refractivity contribution is -0.121. The highest BCUT2D eigenvalue weighted by Crippen LogP contribution is 2.21. The summed E-state index contributed by atoms with van der Waals surface area (Å²) in [6.07, 6.45) is 3.23. The zero-order valence-electron chi connectivity index (χ0n) is 14.2. The third-order valence-corrected chi connectivity index (χ3v) is 4.57. The number of nitrogens with one attached hydrogen (secondary N) is 1. The van der Waals surface area contributed by atoms with Gasteiger partial charge in [0, 0.05) is 24.2 Å². The molecule has 1 aliphatic rings. The molecule has 0 bridgehead atoms. The van der Waals surface area contributed by atoms with E-state index in [1.807, 2.05) is 13.8 Å². The first-order valence-electron chi connectivity index (χ1n) is 8.44. The van der Waals surface area contributed by atoms with Crippen LogP contribution >= 0.6 is 0 Å². The van der Waals surface area contributed by atoms with Gasteiger partial charge in [-0.2, -0.15) is 0 Å². The number of carbonyl (C=O) groups excluding carboxylic acids is 3. The van der Waals surface area contributed by atoms with Crippen molar-refractivity contribution < 1.29 is 14.4 Å². The van der Waals surface area contributed by atoms with Gasteiger partial charge in [0.15, 0.2) is 0 Å². The predicted molar refractivity (Wildman–Crippen MR) is 92.5 cm³/mol. The minimum atomic E-state index is -0.689. The van der Waals surface area contributed by atoms with Crippen LogP contribution in [-0.4, -0.2) is 30.3 Å². The van der Waals surface area contributed by atoms with Gasteiger partial charge in [-0.15, -0.1) is 0 Å². The van der Waals surface area contributed by atoms with Gasteiger partial charge in [0.05, 0.1) is 0 Å². The van der Waals surface area contributed by atoms with Crippen LogP contribution < -0.4 is 16.0 Å². The van der Waals surface area contributed by atoms with E-state index >= 15 is 0 Å². The second-order valence-corrected chi connectivity index (χ2v) is 6.29. The van der Waals surface area contributed by atoms with Crippen LogP contribution in [0.5, 0.6) is 0 Å². The van der Waals surface area contributed by atoms with Crippen molar-refractivity contribution in [3.63, 3.8) is 0 Å². The summed E-state index contributed by atoms with van der Waals surface area (Å²) in [5.74, 6) is -0.787. The second-order valence-electron chi connectivity index (χ2n) is 6.29. The highest BCUT2D eigenvalue weighted by Gasteiger charge is 2.24. The molecule has 6 heteroatoms. The molecule has 6 nitrogen and oxygen atoms in total. The molecule has 2 atom stereocenters. The van der Waals surface area contributed by atoms with Crippen molar-refractivity contribution in [3.05, 3.63) is 29.8 Å². The Hall–Kier alpha value is -2.37. The monoisotopic (exact) mass is 331 g/mol. The van der Waals surface area contributed by atoms with Gasteiger partial charge in [-0.3, -0.25) is 14.4 Å². The molecule has 1 saturated heterocycles. The Morgan fingerprint density at radius 2 is 1.92 bits per heavy atom. The smallest absolute Gasteiger partial charge is 0.251 e. The highest BCUT2D eigenvalue weighted by atomic mass is 16.2. The van der Waals surface area contributed by atoms with Crippen molar-refractivity contribution in [3.8, 4) is 0 Å². The number of piperidine rings is 1. The van der Waals surface area contributed by atoms with Crippen LogP contribution in [0.2, 0.25) is 0 Å². The van der Waals surface area contributed by atoms with Gasteiger partial charge in [0.2, 0.25) is 11.8 Å². The first-order chi connectivity index (χ1) is 11.4. The summed E-state index contributed by atoms with van der Waals surface area (Å²) >= 11 is 0. The van der Waals surface area contributed by atoms with Gasteiger partial charge in [-0.1, -0.05) is 20.3 Å².